The summed E-state index contributed by atoms with van der Waals surface area (Å²) in [6.45, 7) is 10.1. The molecule has 1 aliphatic heterocycles. The maximum absolute atomic E-state index is 3.94. The van der Waals surface area contributed by atoms with Gasteiger partial charge >= 0.3 is 0 Å². The van der Waals surface area contributed by atoms with Gasteiger partial charge in [0.15, 0.2) is 0 Å². The molecule has 0 N–H and O–H groups in total. The lowest BCUT2D eigenvalue weighted by atomic mass is 10.1. The van der Waals surface area contributed by atoms with Crippen LogP contribution >= 0.6 is 0 Å². The molecule has 0 fully saturated rings. The van der Waals surface area contributed by atoms with Crippen LogP contribution in [0.15, 0.2) is 60.5 Å². The van der Waals surface area contributed by atoms with E-state index in [1.807, 2.05) is 19.9 Å². The van der Waals surface area contributed by atoms with E-state index in [-0.39, 0.29) is 0 Å². The highest BCUT2D eigenvalue weighted by molar-refractivity contribution is 5.80. The highest BCUT2D eigenvalue weighted by Crippen LogP contribution is 2.38. The van der Waals surface area contributed by atoms with Crippen LogP contribution in [0.5, 0.6) is 0 Å². The quantitative estimate of drug-likeness (QED) is 0.765. The maximum Gasteiger partial charge on any atom is 0.0649 e. The lowest BCUT2D eigenvalue weighted by Crippen LogP contribution is -2.30. The van der Waals surface area contributed by atoms with Gasteiger partial charge in [-0.1, -0.05) is 45.6 Å². The van der Waals surface area contributed by atoms with E-state index in [1.165, 1.54) is 17.1 Å². The SMILES string of the molecule is C=CC1=C(/C=C\CC)N(C)c2ccccc2N1C.CC. The predicted octanol–water partition coefficient (Wildman–Crippen LogP) is 4.96. The van der Waals surface area contributed by atoms with E-state index in [1.54, 1.807) is 0 Å². The minimum atomic E-state index is 1.03. The number of anilines is 2. The Kier molecular flexibility index (Phi) is 6.10. The molecule has 0 aromatic heterocycles. The van der Waals surface area contributed by atoms with Crippen molar-refractivity contribution in [3.63, 3.8) is 0 Å². The van der Waals surface area contributed by atoms with E-state index in [4.69, 9.17) is 0 Å². The molecule has 108 valence electrons. The third-order valence-corrected chi connectivity index (χ3v) is 3.29. The number of fused-ring (bicyclic) bond motifs is 1. The third-order valence-electron chi connectivity index (χ3n) is 3.29. The summed E-state index contributed by atoms with van der Waals surface area (Å²) in [6.07, 6.45) is 7.30. The molecule has 2 nitrogen and oxygen atoms in total. The van der Waals surface area contributed by atoms with E-state index in [0.29, 0.717) is 0 Å². The molecule has 2 heteroatoms. The topological polar surface area (TPSA) is 6.48 Å². The van der Waals surface area contributed by atoms with E-state index >= 15 is 0 Å². The number of benzene rings is 1. The van der Waals surface area contributed by atoms with Crippen LogP contribution in [0.25, 0.3) is 0 Å². The van der Waals surface area contributed by atoms with Gasteiger partial charge in [-0.2, -0.15) is 0 Å². The van der Waals surface area contributed by atoms with Crippen LogP contribution in [-0.4, -0.2) is 14.1 Å². The van der Waals surface area contributed by atoms with E-state index in [0.717, 1.165) is 12.1 Å². The molecule has 0 saturated carbocycles. The molecule has 1 aliphatic rings. The minimum absolute atomic E-state index is 1.03. The average Bonchev–Trinajstić information content (AvgIpc) is 2.51. The Morgan fingerprint density at radius 2 is 1.50 bits per heavy atom. The van der Waals surface area contributed by atoms with Gasteiger partial charge < -0.3 is 9.80 Å². The van der Waals surface area contributed by atoms with Crippen molar-refractivity contribution < 1.29 is 0 Å². The molecule has 1 aromatic carbocycles. The summed E-state index contributed by atoms with van der Waals surface area (Å²) in [5.74, 6) is 0. The van der Waals surface area contributed by atoms with Gasteiger partial charge in [-0.15, -0.1) is 0 Å². The summed E-state index contributed by atoms with van der Waals surface area (Å²) >= 11 is 0. The van der Waals surface area contributed by atoms with Crippen LogP contribution in [-0.2, 0) is 0 Å². The molecule has 0 spiro atoms. The van der Waals surface area contributed by atoms with Crippen molar-refractivity contribution in [3.05, 3.63) is 60.5 Å². The van der Waals surface area contributed by atoms with Gasteiger partial charge in [0.25, 0.3) is 0 Å². The normalized spacial score (nSPS) is 14.1. The number of hydrogen-bond donors (Lipinski definition) is 0. The molecule has 0 bridgehead atoms. The number of nitrogens with zero attached hydrogens (tertiary/aromatic N) is 2. The summed E-state index contributed by atoms with van der Waals surface area (Å²) in [5, 5.41) is 0. The first-order chi connectivity index (χ1) is 9.70. The fourth-order valence-corrected chi connectivity index (χ4v) is 2.30. The maximum atomic E-state index is 3.94. The molecule has 0 radical (unpaired) electrons. The third kappa shape index (κ3) is 2.96. The zero-order chi connectivity index (χ0) is 15.1. The summed E-state index contributed by atoms with van der Waals surface area (Å²) < 4.78 is 0. The van der Waals surface area contributed by atoms with Gasteiger partial charge in [0, 0.05) is 14.1 Å². The first kappa shape index (κ1) is 16.1. The number of likely N-dealkylation sites (N-methyl/N-ethyl adjacent to an activating group) is 2. The van der Waals surface area contributed by atoms with Gasteiger partial charge in [0.2, 0.25) is 0 Å². The van der Waals surface area contributed by atoms with E-state index in [9.17, 15) is 0 Å². The monoisotopic (exact) mass is 270 g/mol. The molecule has 20 heavy (non-hydrogen) atoms. The molecular formula is C18H26N2. The summed E-state index contributed by atoms with van der Waals surface area (Å²) in [4.78, 5) is 4.41. The average molecular weight is 270 g/mol. The first-order valence-corrected chi connectivity index (χ1v) is 7.30. The zero-order valence-corrected chi connectivity index (χ0v) is 13.4. The Balaban J connectivity index is 0.000000956. The Bertz CT molecular complexity index is 512. The van der Waals surface area contributed by atoms with Crippen molar-refractivity contribution >= 4 is 11.4 Å². The number of allylic oxidation sites excluding steroid dienone is 3. The highest BCUT2D eigenvalue weighted by Gasteiger charge is 2.22. The highest BCUT2D eigenvalue weighted by atomic mass is 15.2. The molecule has 0 aliphatic carbocycles. The summed E-state index contributed by atoms with van der Waals surface area (Å²) in [6, 6.07) is 8.42. The molecule has 1 heterocycles. The van der Waals surface area contributed by atoms with Crippen molar-refractivity contribution in [1.82, 2.24) is 0 Å². The molecule has 0 amide bonds. The molecule has 0 saturated heterocycles. The second kappa shape index (κ2) is 7.59. The summed E-state index contributed by atoms with van der Waals surface area (Å²) in [5.41, 5.74) is 4.76. The Morgan fingerprint density at radius 3 is 1.95 bits per heavy atom. The molecule has 0 atom stereocenters. The van der Waals surface area contributed by atoms with Crippen LogP contribution in [0.1, 0.15) is 27.2 Å². The number of hydrogen-bond acceptors (Lipinski definition) is 2. The lowest BCUT2D eigenvalue weighted by Gasteiger charge is -2.36. The van der Waals surface area contributed by atoms with Crippen LogP contribution < -0.4 is 9.80 Å². The second-order valence-corrected chi connectivity index (χ2v) is 4.39. The molecular weight excluding hydrogens is 244 g/mol. The smallest absolute Gasteiger partial charge is 0.0649 e. The van der Waals surface area contributed by atoms with Gasteiger partial charge in [-0.25, -0.2) is 0 Å². The van der Waals surface area contributed by atoms with Crippen molar-refractivity contribution in [1.29, 1.82) is 0 Å². The number of rotatable bonds is 3. The van der Waals surface area contributed by atoms with Gasteiger partial charge in [-0.3, -0.25) is 0 Å². The van der Waals surface area contributed by atoms with Crippen LogP contribution in [0.4, 0.5) is 11.4 Å². The Labute approximate surface area is 123 Å². The number of para-hydroxylation sites is 2. The fourth-order valence-electron chi connectivity index (χ4n) is 2.30. The van der Waals surface area contributed by atoms with Crippen molar-refractivity contribution in [2.45, 2.75) is 27.2 Å². The Hall–Kier alpha value is -1.96. The molecule has 2 rings (SSSR count). The predicted molar refractivity (Wildman–Crippen MR) is 91.3 cm³/mol. The fraction of sp³-hybridized carbons (Fsp3) is 0.333. The van der Waals surface area contributed by atoms with Crippen molar-refractivity contribution in [3.8, 4) is 0 Å². The first-order valence-electron chi connectivity index (χ1n) is 7.30. The van der Waals surface area contributed by atoms with E-state index < -0.39 is 0 Å². The lowest BCUT2D eigenvalue weighted by molar-refractivity contribution is 0.995. The molecule has 0 unspecified atom stereocenters. The van der Waals surface area contributed by atoms with Gasteiger partial charge in [0.1, 0.15) is 0 Å². The zero-order valence-electron chi connectivity index (χ0n) is 13.4. The van der Waals surface area contributed by atoms with Crippen LogP contribution in [0, 0.1) is 0 Å². The van der Waals surface area contributed by atoms with Crippen LogP contribution in [0.3, 0.4) is 0 Å². The van der Waals surface area contributed by atoms with Crippen molar-refractivity contribution in [2.24, 2.45) is 0 Å². The minimum Gasteiger partial charge on any atom is -0.341 e. The van der Waals surface area contributed by atoms with Gasteiger partial charge in [-0.05, 0) is 30.7 Å². The van der Waals surface area contributed by atoms with Crippen molar-refractivity contribution in [2.75, 3.05) is 23.9 Å². The van der Waals surface area contributed by atoms with Crippen LogP contribution in [0.2, 0.25) is 0 Å². The van der Waals surface area contributed by atoms with E-state index in [2.05, 4.69) is 73.8 Å². The molecule has 1 aromatic rings. The standard InChI is InChI=1S/C16H20N2.C2H6/c1-5-7-10-14-13(6-2)17(3)15-11-8-9-12-16(15)18(14)4;1-2/h6-12H,2,5H2,1,3-4H3;1-2H3/b10-7-;. The van der Waals surface area contributed by atoms with Gasteiger partial charge in [0.05, 0.1) is 22.8 Å². The Morgan fingerprint density at radius 1 is 1.00 bits per heavy atom. The second-order valence-electron chi connectivity index (χ2n) is 4.39. The summed E-state index contributed by atoms with van der Waals surface area (Å²) in [7, 11) is 4.19. The largest absolute Gasteiger partial charge is 0.341 e.